The van der Waals surface area contributed by atoms with Crippen molar-refractivity contribution in [2.45, 2.75) is 37.6 Å². The van der Waals surface area contributed by atoms with Gasteiger partial charge in [-0.1, -0.05) is 54.6 Å². The molecule has 2 fully saturated rings. The summed E-state index contributed by atoms with van der Waals surface area (Å²) in [7, 11) is 0. The molecule has 0 bridgehead atoms. The van der Waals surface area contributed by atoms with E-state index in [1.54, 1.807) is 0 Å². The van der Waals surface area contributed by atoms with Gasteiger partial charge in [0, 0.05) is 23.9 Å². The van der Waals surface area contributed by atoms with E-state index in [0.29, 0.717) is 18.4 Å². The number of ketones is 1. The molecule has 4 rings (SSSR count). The summed E-state index contributed by atoms with van der Waals surface area (Å²) in [6.45, 7) is 1.20. The lowest BCUT2D eigenvalue weighted by Gasteiger charge is -2.05. The first-order valence-corrected chi connectivity index (χ1v) is 8.70. The van der Waals surface area contributed by atoms with E-state index < -0.39 is 0 Å². The third kappa shape index (κ3) is 3.70. The van der Waals surface area contributed by atoms with Crippen molar-refractivity contribution in [3.63, 3.8) is 0 Å². The fourth-order valence-corrected chi connectivity index (χ4v) is 3.22. The zero-order chi connectivity index (χ0) is 15.6. The second kappa shape index (κ2) is 6.29. The molecule has 0 radical (unpaired) electrons. The molecule has 0 aromatic heterocycles. The van der Waals surface area contributed by atoms with Crippen LogP contribution in [0.3, 0.4) is 0 Å². The summed E-state index contributed by atoms with van der Waals surface area (Å²) in [6.07, 6.45) is 4.57. The van der Waals surface area contributed by atoms with Crippen LogP contribution in [0.15, 0.2) is 54.6 Å². The first-order chi connectivity index (χ1) is 11.3. The van der Waals surface area contributed by atoms with Gasteiger partial charge in [-0.05, 0) is 42.9 Å². The van der Waals surface area contributed by atoms with Gasteiger partial charge in [0.1, 0.15) is 0 Å². The normalized spacial score (nSPS) is 22.8. The predicted molar refractivity (Wildman–Crippen MR) is 92.8 cm³/mol. The Morgan fingerprint density at radius 2 is 1.74 bits per heavy atom. The number of benzene rings is 2. The highest BCUT2D eigenvalue weighted by molar-refractivity contribution is 5.97. The maximum absolute atomic E-state index is 12.2. The summed E-state index contributed by atoms with van der Waals surface area (Å²) in [6, 6.07) is 18.9. The topological polar surface area (TPSA) is 29.1 Å². The van der Waals surface area contributed by atoms with Gasteiger partial charge in [0.2, 0.25) is 0 Å². The lowest BCUT2D eigenvalue weighted by molar-refractivity contribution is 0.0993. The van der Waals surface area contributed by atoms with E-state index in [1.165, 1.54) is 31.4 Å². The van der Waals surface area contributed by atoms with E-state index in [-0.39, 0.29) is 5.78 Å². The Morgan fingerprint density at radius 1 is 1.00 bits per heavy atom. The molecule has 2 aromatic rings. The molecule has 2 aromatic carbocycles. The van der Waals surface area contributed by atoms with Crippen molar-refractivity contribution in [3.05, 3.63) is 71.3 Å². The SMILES string of the molecule is O=C(Cc1ccc(C2CC2NCC2CC2)cc1)c1ccccc1. The molecule has 2 aliphatic carbocycles. The second-order valence-corrected chi connectivity index (χ2v) is 7.01. The van der Waals surface area contributed by atoms with Crippen molar-refractivity contribution in [1.29, 1.82) is 0 Å². The van der Waals surface area contributed by atoms with Gasteiger partial charge in [-0.15, -0.1) is 0 Å². The first kappa shape index (κ1) is 14.6. The maximum atomic E-state index is 12.2. The molecule has 0 heterocycles. The molecule has 1 N–H and O–H groups in total. The van der Waals surface area contributed by atoms with E-state index >= 15 is 0 Å². The average Bonchev–Trinajstić information content (AvgIpc) is 3.49. The fourth-order valence-electron chi connectivity index (χ4n) is 3.22. The van der Waals surface area contributed by atoms with Crippen molar-refractivity contribution in [2.24, 2.45) is 5.92 Å². The molecule has 2 saturated carbocycles. The Labute approximate surface area is 137 Å². The van der Waals surface area contributed by atoms with E-state index in [9.17, 15) is 4.79 Å². The standard InChI is InChI=1S/C21H23NO/c23-21(18-4-2-1-3-5-18)12-15-8-10-17(11-9-15)19-13-20(19)22-14-16-6-7-16/h1-5,8-11,16,19-20,22H,6-7,12-14H2. The van der Waals surface area contributed by atoms with Crippen LogP contribution in [-0.2, 0) is 6.42 Å². The fraction of sp³-hybridized carbons (Fsp3) is 0.381. The number of carbonyl (C=O) groups is 1. The predicted octanol–water partition coefficient (Wildman–Crippen LogP) is 3.97. The summed E-state index contributed by atoms with van der Waals surface area (Å²) in [5.41, 5.74) is 3.31. The number of Topliss-reactive ketones (excluding diaryl/α,β-unsaturated/α-hetero) is 1. The lowest BCUT2D eigenvalue weighted by atomic mass is 10.0. The molecule has 0 saturated heterocycles. The summed E-state index contributed by atoms with van der Waals surface area (Å²) in [5, 5.41) is 3.68. The van der Waals surface area contributed by atoms with E-state index in [2.05, 4.69) is 29.6 Å². The van der Waals surface area contributed by atoms with Crippen LogP contribution in [0.1, 0.15) is 46.7 Å². The lowest BCUT2D eigenvalue weighted by Crippen LogP contribution is -2.20. The van der Waals surface area contributed by atoms with Crippen LogP contribution in [0.25, 0.3) is 0 Å². The zero-order valence-corrected chi connectivity index (χ0v) is 13.4. The van der Waals surface area contributed by atoms with Crippen molar-refractivity contribution in [1.82, 2.24) is 5.32 Å². The molecule has 2 nitrogen and oxygen atoms in total. The Morgan fingerprint density at radius 3 is 2.43 bits per heavy atom. The van der Waals surface area contributed by atoms with Crippen molar-refractivity contribution >= 4 is 5.78 Å². The maximum Gasteiger partial charge on any atom is 0.167 e. The molecular weight excluding hydrogens is 282 g/mol. The number of hydrogen-bond acceptors (Lipinski definition) is 2. The first-order valence-electron chi connectivity index (χ1n) is 8.70. The highest BCUT2D eigenvalue weighted by Gasteiger charge is 2.38. The van der Waals surface area contributed by atoms with Crippen molar-refractivity contribution in [2.75, 3.05) is 6.54 Å². The molecule has 0 spiro atoms. The van der Waals surface area contributed by atoms with Gasteiger partial charge < -0.3 is 5.32 Å². The van der Waals surface area contributed by atoms with Crippen molar-refractivity contribution < 1.29 is 4.79 Å². The zero-order valence-electron chi connectivity index (χ0n) is 13.4. The third-order valence-electron chi connectivity index (χ3n) is 5.02. The van der Waals surface area contributed by atoms with Gasteiger partial charge in [-0.3, -0.25) is 4.79 Å². The van der Waals surface area contributed by atoms with Gasteiger partial charge in [0.25, 0.3) is 0 Å². The Hall–Kier alpha value is -1.93. The molecule has 118 valence electrons. The number of hydrogen-bond donors (Lipinski definition) is 1. The molecule has 2 unspecified atom stereocenters. The highest BCUT2D eigenvalue weighted by atomic mass is 16.1. The van der Waals surface area contributed by atoms with Crippen molar-refractivity contribution in [3.8, 4) is 0 Å². The van der Waals surface area contributed by atoms with E-state index in [1.807, 2.05) is 30.3 Å². The molecule has 23 heavy (non-hydrogen) atoms. The van der Waals surface area contributed by atoms with Crippen LogP contribution in [0.4, 0.5) is 0 Å². The Balaban J connectivity index is 1.32. The average molecular weight is 305 g/mol. The molecule has 2 heteroatoms. The summed E-state index contributed by atoms with van der Waals surface area (Å²) in [4.78, 5) is 12.2. The van der Waals surface area contributed by atoms with Gasteiger partial charge in [-0.25, -0.2) is 0 Å². The highest BCUT2D eigenvalue weighted by Crippen LogP contribution is 2.41. The van der Waals surface area contributed by atoms with Crippen LogP contribution in [0, 0.1) is 5.92 Å². The minimum Gasteiger partial charge on any atom is -0.313 e. The van der Waals surface area contributed by atoms with Crippen LogP contribution in [0.5, 0.6) is 0 Å². The smallest absolute Gasteiger partial charge is 0.167 e. The number of rotatable bonds is 7. The monoisotopic (exact) mass is 305 g/mol. The summed E-state index contributed by atoms with van der Waals surface area (Å²) in [5.74, 6) is 1.81. The van der Waals surface area contributed by atoms with E-state index in [0.717, 1.165) is 17.0 Å². The van der Waals surface area contributed by atoms with Gasteiger partial charge in [0.15, 0.2) is 5.78 Å². The summed E-state index contributed by atoms with van der Waals surface area (Å²) >= 11 is 0. The van der Waals surface area contributed by atoms with Gasteiger partial charge in [0.05, 0.1) is 0 Å². The molecule has 2 aliphatic rings. The third-order valence-corrected chi connectivity index (χ3v) is 5.02. The van der Waals surface area contributed by atoms with Gasteiger partial charge in [-0.2, -0.15) is 0 Å². The van der Waals surface area contributed by atoms with Crippen LogP contribution in [0.2, 0.25) is 0 Å². The van der Waals surface area contributed by atoms with E-state index in [4.69, 9.17) is 0 Å². The quantitative estimate of drug-likeness (QED) is 0.784. The van der Waals surface area contributed by atoms with Crippen LogP contribution < -0.4 is 5.32 Å². The Kier molecular flexibility index (Phi) is 4.00. The second-order valence-electron chi connectivity index (χ2n) is 7.01. The minimum atomic E-state index is 0.189. The van der Waals surface area contributed by atoms with Crippen LogP contribution in [-0.4, -0.2) is 18.4 Å². The largest absolute Gasteiger partial charge is 0.313 e. The number of carbonyl (C=O) groups excluding carboxylic acids is 1. The summed E-state index contributed by atoms with van der Waals surface area (Å²) < 4.78 is 0. The molecular formula is C21H23NO. The molecule has 0 aliphatic heterocycles. The minimum absolute atomic E-state index is 0.189. The Bertz CT molecular complexity index is 673. The van der Waals surface area contributed by atoms with Gasteiger partial charge >= 0.3 is 0 Å². The number of nitrogens with one attached hydrogen (secondary N) is 1. The van der Waals surface area contributed by atoms with Crippen LogP contribution >= 0.6 is 0 Å². The molecule has 0 amide bonds. The molecule has 2 atom stereocenters.